The fraction of sp³-hybridized carbons (Fsp3) is 0.750. The largest absolute Gasteiger partial charge is 0.508 e. The highest BCUT2D eigenvalue weighted by atomic mass is 16.7. The van der Waals surface area contributed by atoms with Crippen molar-refractivity contribution in [1.29, 1.82) is 5.41 Å². The van der Waals surface area contributed by atoms with Gasteiger partial charge in [-0.15, -0.1) is 0 Å². The van der Waals surface area contributed by atoms with E-state index in [0.717, 1.165) is 6.92 Å². The normalized spacial score (nSPS) is 38.2. The van der Waals surface area contributed by atoms with Crippen LogP contribution in [0.5, 0.6) is 0 Å². The van der Waals surface area contributed by atoms with E-state index in [-0.39, 0.29) is 6.42 Å². The molecule has 17 nitrogen and oxygen atoms in total. The van der Waals surface area contributed by atoms with Crippen LogP contribution in [0.4, 0.5) is 0 Å². The summed E-state index contributed by atoms with van der Waals surface area (Å²) in [5, 5.41) is 73.6. The summed E-state index contributed by atoms with van der Waals surface area (Å²) in [7, 11) is 1.29. The number of carboxylic acids is 1. The topological polar surface area (TPSA) is 269 Å². The van der Waals surface area contributed by atoms with Gasteiger partial charge in [-0.05, 0) is 13.8 Å². The van der Waals surface area contributed by atoms with E-state index in [1.165, 1.54) is 21.0 Å². The number of hydrogen-bond donors (Lipinski definition) is 7. The lowest BCUT2D eigenvalue weighted by Gasteiger charge is -2.51. The number of rotatable bonds is 10. The molecular weight excluding hydrogens is 606 g/mol. The number of ether oxygens (including phenoxy) is 6. The third-order valence-corrected chi connectivity index (χ3v) is 8.37. The SMILES string of the molecule is CO[C@@H]1C[C@@H](O[C@H]2[C@@H](O)[C@@H]([C@@]3(O)CC(=O)C(=N)C(C(=O)O)=C3O)O[C@@H](COC(C)=O)[C@H]2O)O[C@H](C)[C@@]1(O)[C@H](C)OC(=O)C(C)C. The minimum Gasteiger partial charge on any atom is -0.508 e. The number of carboxylic acid groups (broad SMARTS) is 1. The molecule has 45 heavy (non-hydrogen) atoms. The van der Waals surface area contributed by atoms with Crippen molar-refractivity contribution in [2.75, 3.05) is 13.7 Å². The molecule has 3 rings (SSSR count). The van der Waals surface area contributed by atoms with Gasteiger partial charge in [-0.25, -0.2) is 4.79 Å². The van der Waals surface area contributed by atoms with Crippen molar-refractivity contribution in [2.24, 2.45) is 5.92 Å². The molecule has 0 bridgehead atoms. The lowest BCUT2D eigenvalue weighted by atomic mass is 9.74. The predicted octanol–water partition coefficient (Wildman–Crippen LogP) is -1.49. The molecule has 0 unspecified atom stereocenters. The van der Waals surface area contributed by atoms with Gasteiger partial charge in [0.25, 0.3) is 0 Å². The van der Waals surface area contributed by atoms with Crippen molar-refractivity contribution < 1.29 is 78.2 Å². The number of aliphatic hydroxyl groups is 5. The minimum atomic E-state index is -2.92. The first-order valence-electron chi connectivity index (χ1n) is 14.2. The maximum absolute atomic E-state index is 12.5. The first-order chi connectivity index (χ1) is 20.8. The van der Waals surface area contributed by atoms with Crippen LogP contribution in [0.1, 0.15) is 47.5 Å². The summed E-state index contributed by atoms with van der Waals surface area (Å²) in [6.45, 7) is 6.55. The average molecular weight is 648 g/mol. The van der Waals surface area contributed by atoms with Crippen LogP contribution in [0, 0.1) is 11.3 Å². The highest BCUT2D eigenvalue weighted by Crippen LogP contribution is 2.41. The van der Waals surface area contributed by atoms with Gasteiger partial charge in [0.1, 0.15) is 60.3 Å². The Morgan fingerprint density at radius 3 is 2.27 bits per heavy atom. The molecule has 3 aliphatic rings. The highest BCUT2D eigenvalue weighted by Gasteiger charge is 2.61. The van der Waals surface area contributed by atoms with E-state index in [1.807, 2.05) is 0 Å². The lowest BCUT2D eigenvalue weighted by molar-refractivity contribution is -0.344. The van der Waals surface area contributed by atoms with E-state index in [0.29, 0.717) is 0 Å². The molecule has 254 valence electrons. The molecule has 2 fully saturated rings. The van der Waals surface area contributed by atoms with Gasteiger partial charge in [-0.1, -0.05) is 13.8 Å². The Morgan fingerprint density at radius 2 is 1.73 bits per heavy atom. The van der Waals surface area contributed by atoms with E-state index in [2.05, 4.69) is 0 Å². The van der Waals surface area contributed by atoms with Crippen LogP contribution >= 0.6 is 0 Å². The van der Waals surface area contributed by atoms with Crippen LogP contribution < -0.4 is 0 Å². The van der Waals surface area contributed by atoms with Crippen molar-refractivity contribution in [2.45, 2.75) is 114 Å². The summed E-state index contributed by atoms with van der Waals surface area (Å²) >= 11 is 0. The van der Waals surface area contributed by atoms with Gasteiger partial charge in [-0.3, -0.25) is 19.8 Å². The molecule has 2 aliphatic heterocycles. The Labute approximate surface area is 258 Å². The fourth-order valence-corrected chi connectivity index (χ4v) is 5.73. The molecule has 7 N–H and O–H groups in total. The Hall–Kier alpha value is -3.03. The quantitative estimate of drug-likeness (QED) is 0.133. The summed E-state index contributed by atoms with van der Waals surface area (Å²) < 4.78 is 33.2. The summed E-state index contributed by atoms with van der Waals surface area (Å²) in [6.07, 6.45) is -15.3. The monoisotopic (exact) mass is 647 g/mol. The fourth-order valence-electron chi connectivity index (χ4n) is 5.73. The molecule has 0 aromatic carbocycles. The smallest absolute Gasteiger partial charge is 0.341 e. The number of hydrogen-bond acceptors (Lipinski definition) is 16. The van der Waals surface area contributed by atoms with Gasteiger partial charge < -0.3 is 59.1 Å². The number of nitrogens with one attached hydrogen (secondary N) is 1. The van der Waals surface area contributed by atoms with Gasteiger partial charge in [0.15, 0.2) is 23.3 Å². The van der Waals surface area contributed by atoms with Crippen molar-refractivity contribution >= 4 is 29.4 Å². The number of carbonyl (C=O) groups excluding carboxylic acids is 3. The molecule has 0 saturated carbocycles. The third-order valence-electron chi connectivity index (χ3n) is 8.37. The van der Waals surface area contributed by atoms with E-state index in [9.17, 15) is 49.8 Å². The Bertz CT molecular complexity index is 1220. The Kier molecular flexibility index (Phi) is 11.1. The second-order valence-electron chi connectivity index (χ2n) is 11.7. The first kappa shape index (κ1) is 36.4. The Morgan fingerprint density at radius 1 is 1.11 bits per heavy atom. The summed E-state index contributed by atoms with van der Waals surface area (Å²) in [5.41, 5.74) is -7.10. The minimum absolute atomic E-state index is 0.245. The van der Waals surface area contributed by atoms with Crippen LogP contribution in [-0.4, -0.2) is 140 Å². The standard InChI is InChI=1S/C28H41NO16/c1-10(2)26(37)43-12(4)28(39)11(3)42-17(7-16(28)40-6)45-22-20(32)15(9-41-13(5)30)44-24(21(22)33)27(38)8-14(31)19(29)18(23(27)34)25(35)36/h10-12,15-17,20-22,24,29,32-34,38-39H,7-9H2,1-6H3,(H,35,36)/t11-,12+,15+,16-,17-,20-,21-,22-,24+,27-,28-/m1/s1. The highest BCUT2D eigenvalue weighted by molar-refractivity contribution is 6.51. The number of aliphatic hydroxyl groups excluding tert-OH is 3. The molecule has 17 heteroatoms. The average Bonchev–Trinajstić information content (AvgIpc) is 2.95. The maximum Gasteiger partial charge on any atom is 0.341 e. The number of aliphatic carboxylic acids is 1. The van der Waals surface area contributed by atoms with Crippen LogP contribution in [-0.2, 0) is 47.6 Å². The summed E-state index contributed by atoms with van der Waals surface area (Å²) in [6, 6.07) is 0. The summed E-state index contributed by atoms with van der Waals surface area (Å²) in [4.78, 5) is 48.0. The maximum atomic E-state index is 12.5. The number of carbonyl (C=O) groups is 4. The Balaban J connectivity index is 1.96. The van der Waals surface area contributed by atoms with E-state index >= 15 is 0 Å². The zero-order valence-electron chi connectivity index (χ0n) is 25.7. The van der Waals surface area contributed by atoms with Gasteiger partial charge in [-0.2, -0.15) is 0 Å². The molecule has 1 aliphatic carbocycles. The van der Waals surface area contributed by atoms with Crippen LogP contribution in [0.2, 0.25) is 0 Å². The van der Waals surface area contributed by atoms with Crippen LogP contribution in [0.25, 0.3) is 0 Å². The van der Waals surface area contributed by atoms with Crippen LogP contribution in [0.15, 0.2) is 11.3 Å². The number of esters is 2. The molecule has 2 saturated heterocycles. The van der Waals surface area contributed by atoms with Crippen LogP contribution in [0.3, 0.4) is 0 Å². The second kappa shape index (κ2) is 13.8. The van der Waals surface area contributed by atoms with Gasteiger partial charge >= 0.3 is 17.9 Å². The van der Waals surface area contributed by atoms with E-state index in [1.54, 1.807) is 13.8 Å². The van der Waals surface area contributed by atoms with E-state index < -0.39 is 126 Å². The van der Waals surface area contributed by atoms with Gasteiger partial charge in [0, 0.05) is 20.5 Å². The molecule has 0 aromatic rings. The van der Waals surface area contributed by atoms with Gasteiger partial charge in [0.05, 0.1) is 24.5 Å². The second-order valence-corrected chi connectivity index (χ2v) is 11.7. The molecular formula is C28H41NO16. The molecule has 2 heterocycles. The lowest BCUT2D eigenvalue weighted by Crippen LogP contribution is -2.69. The third kappa shape index (κ3) is 6.90. The number of methoxy groups -OCH3 is 1. The molecule has 0 aromatic heterocycles. The molecule has 11 atom stereocenters. The molecule has 0 radical (unpaired) electrons. The number of ketones is 1. The van der Waals surface area contributed by atoms with Crippen molar-refractivity contribution in [1.82, 2.24) is 0 Å². The first-order valence-corrected chi connectivity index (χ1v) is 14.2. The molecule has 0 spiro atoms. The van der Waals surface area contributed by atoms with E-state index in [4.69, 9.17) is 33.8 Å². The number of Topliss-reactive ketones (excluding diaryl/α,β-unsaturated/α-hetero) is 1. The zero-order chi connectivity index (χ0) is 34.2. The van der Waals surface area contributed by atoms with Gasteiger partial charge in [0.2, 0.25) is 0 Å². The van der Waals surface area contributed by atoms with Crippen molar-refractivity contribution in [3.63, 3.8) is 0 Å². The summed E-state index contributed by atoms with van der Waals surface area (Å²) in [5.74, 6) is -6.30. The zero-order valence-corrected chi connectivity index (χ0v) is 25.7. The van der Waals surface area contributed by atoms with Crippen molar-refractivity contribution in [3.8, 4) is 0 Å². The predicted molar refractivity (Wildman–Crippen MR) is 147 cm³/mol. The molecule has 0 amide bonds. The van der Waals surface area contributed by atoms with Crippen molar-refractivity contribution in [3.05, 3.63) is 11.3 Å².